The summed E-state index contributed by atoms with van der Waals surface area (Å²) in [6, 6.07) is 8.08. The van der Waals surface area contributed by atoms with Crippen molar-refractivity contribution >= 4 is 17.5 Å². The van der Waals surface area contributed by atoms with Gasteiger partial charge in [0.25, 0.3) is 0 Å². The summed E-state index contributed by atoms with van der Waals surface area (Å²) in [7, 11) is 3.37. The number of hydrogen-bond donors (Lipinski definition) is 1. The Morgan fingerprint density at radius 2 is 1.68 bits per heavy atom. The molecule has 1 aromatic carbocycles. The lowest BCUT2D eigenvalue weighted by Crippen LogP contribution is -2.49. The molecule has 1 aromatic rings. The average molecular weight is 389 g/mol. The largest absolute Gasteiger partial charge is 0.497 e. The van der Waals surface area contributed by atoms with Crippen LogP contribution in [0.25, 0.3) is 0 Å². The van der Waals surface area contributed by atoms with Gasteiger partial charge in [-0.05, 0) is 50.2 Å². The molecule has 28 heavy (non-hydrogen) atoms. The fourth-order valence-electron chi connectivity index (χ4n) is 4.04. The van der Waals surface area contributed by atoms with Crippen molar-refractivity contribution in [2.24, 2.45) is 5.92 Å². The van der Waals surface area contributed by atoms with Gasteiger partial charge < -0.3 is 24.8 Å². The molecule has 2 heterocycles. The monoisotopic (exact) mass is 388 g/mol. The van der Waals surface area contributed by atoms with Gasteiger partial charge in [-0.2, -0.15) is 0 Å². The lowest BCUT2D eigenvalue weighted by Gasteiger charge is -2.37. The molecule has 2 aliphatic rings. The molecule has 154 valence electrons. The van der Waals surface area contributed by atoms with Gasteiger partial charge in [-0.25, -0.2) is 0 Å². The Hall–Kier alpha value is -2.28. The van der Waals surface area contributed by atoms with Crippen molar-refractivity contribution in [3.8, 4) is 5.75 Å². The quantitative estimate of drug-likeness (QED) is 0.793. The number of benzene rings is 1. The SMILES string of the molecule is CNC(=O)C1CCN(CCC(=O)N2CCN(c3ccc(OC)cc3)CC2)CC1. The lowest BCUT2D eigenvalue weighted by molar-refractivity contribution is -0.132. The molecule has 0 bridgehead atoms. The molecule has 0 spiro atoms. The molecule has 2 fully saturated rings. The third-order valence-electron chi connectivity index (χ3n) is 5.92. The predicted octanol–water partition coefficient (Wildman–Crippen LogP) is 1.19. The Balaban J connectivity index is 1.38. The number of nitrogens with zero attached hydrogens (tertiary/aromatic N) is 3. The van der Waals surface area contributed by atoms with Crippen molar-refractivity contribution in [1.29, 1.82) is 0 Å². The van der Waals surface area contributed by atoms with Crippen LogP contribution in [-0.4, -0.2) is 81.6 Å². The van der Waals surface area contributed by atoms with E-state index in [9.17, 15) is 9.59 Å². The molecule has 1 N–H and O–H groups in total. The van der Waals surface area contributed by atoms with E-state index in [0.29, 0.717) is 6.42 Å². The molecular formula is C21H32N4O3. The number of carbonyl (C=O) groups is 2. The molecule has 0 unspecified atom stereocenters. The number of hydrogen-bond acceptors (Lipinski definition) is 5. The number of anilines is 1. The topological polar surface area (TPSA) is 65.1 Å². The summed E-state index contributed by atoms with van der Waals surface area (Å²) in [5, 5.41) is 2.74. The summed E-state index contributed by atoms with van der Waals surface area (Å²) in [5.41, 5.74) is 1.17. The first-order chi connectivity index (χ1) is 13.6. The van der Waals surface area contributed by atoms with Crippen LogP contribution >= 0.6 is 0 Å². The maximum atomic E-state index is 12.6. The summed E-state index contributed by atoms with van der Waals surface area (Å²) < 4.78 is 5.21. The van der Waals surface area contributed by atoms with Crippen LogP contribution in [0.5, 0.6) is 5.75 Å². The van der Waals surface area contributed by atoms with Crippen molar-refractivity contribution in [1.82, 2.24) is 15.1 Å². The highest BCUT2D eigenvalue weighted by molar-refractivity contribution is 5.78. The highest BCUT2D eigenvalue weighted by atomic mass is 16.5. The number of rotatable bonds is 6. The number of likely N-dealkylation sites (tertiary alicyclic amines) is 1. The minimum absolute atomic E-state index is 0.128. The highest BCUT2D eigenvalue weighted by Crippen LogP contribution is 2.21. The van der Waals surface area contributed by atoms with Gasteiger partial charge in [-0.3, -0.25) is 9.59 Å². The van der Waals surface area contributed by atoms with Crippen LogP contribution in [0.3, 0.4) is 0 Å². The summed E-state index contributed by atoms with van der Waals surface area (Å²) in [6.45, 7) is 5.84. The maximum Gasteiger partial charge on any atom is 0.223 e. The summed E-state index contributed by atoms with van der Waals surface area (Å²) in [5.74, 6) is 1.37. The van der Waals surface area contributed by atoms with Gasteiger partial charge in [-0.15, -0.1) is 0 Å². The average Bonchev–Trinajstić information content (AvgIpc) is 2.77. The number of amides is 2. The first-order valence-corrected chi connectivity index (χ1v) is 10.2. The van der Waals surface area contributed by atoms with E-state index >= 15 is 0 Å². The zero-order chi connectivity index (χ0) is 19.9. The minimum atomic E-state index is 0.128. The molecule has 2 aliphatic heterocycles. The summed E-state index contributed by atoms with van der Waals surface area (Å²) in [4.78, 5) is 30.9. The van der Waals surface area contributed by atoms with E-state index in [2.05, 4.69) is 27.2 Å². The Bertz CT molecular complexity index is 648. The van der Waals surface area contributed by atoms with Gasteiger partial charge in [0.15, 0.2) is 0 Å². The first-order valence-electron chi connectivity index (χ1n) is 10.2. The Morgan fingerprint density at radius 1 is 1.04 bits per heavy atom. The molecule has 0 aliphatic carbocycles. The second-order valence-electron chi connectivity index (χ2n) is 7.55. The molecule has 7 nitrogen and oxygen atoms in total. The number of ether oxygens (including phenoxy) is 1. The second kappa shape index (κ2) is 9.78. The fourth-order valence-corrected chi connectivity index (χ4v) is 4.04. The fraction of sp³-hybridized carbons (Fsp3) is 0.619. The predicted molar refractivity (Wildman–Crippen MR) is 110 cm³/mol. The number of methoxy groups -OCH3 is 1. The van der Waals surface area contributed by atoms with Crippen LogP contribution in [0, 0.1) is 5.92 Å². The molecule has 0 saturated carbocycles. The van der Waals surface area contributed by atoms with E-state index in [0.717, 1.165) is 64.4 Å². The van der Waals surface area contributed by atoms with Gasteiger partial charge in [0, 0.05) is 57.8 Å². The number of nitrogens with one attached hydrogen (secondary N) is 1. The third-order valence-corrected chi connectivity index (χ3v) is 5.92. The van der Waals surface area contributed by atoms with E-state index in [1.807, 2.05) is 17.0 Å². The van der Waals surface area contributed by atoms with Crippen molar-refractivity contribution in [3.63, 3.8) is 0 Å². The molecule has 0 aromatic heterocycles. The second-order valence-corrected chi connectivity index (χ2v) is 7.55. The van der Waals surface area contributed by atoms with E-state index in [1.54, 1.807) is 14.2 Å². The Morgan fingerprint density at radius 3 is 2.25 bits per heavy atom. The first kappa shape index (κ1) is 20.5. The van der Waals surface area contributed by atoms with Gasteiger partial charge >= 0.3 is 0 Å². The normalized spacial score (nSPS) is 18.8. The van der Waals surface area contributed by atoms with Crippen LogP contribution in [0.15, 0.2) is 24.3 Å². The van der Waals surface area contributed by atoms with Crippen LogP contribution in [0.4, 0.5) is 5.69 Å². The molecule has 7 heteroatoms. The smallest absolute Gasteiger partial charge is 0.223 e. The summed E-state index contributed by atoms with van der Waals surface area (Å²) in [6.07, 6.45) is 2.33. The summed E-state index contributed by atoms with van der Waals surface area (Å²) >= 11 is 0. The molecule has 3 rings (SSSR count). The van der Waals surface area contributed by atoms with Gasteiger partial charge in [0.2, 0.25) is 11.8 Å². The zero-order valence-electron chi connectivity index (χ0n) is 17.0. The number of piperazine rings is 1. The Kier molecular flexibility index (Phi) is 7.14. The van der Waals surface area contributed by atoms with Crippen molar-refractivity contribution < 1.29 is 14.3 Å². The highest BCUT2D eigenvalue weighted by Gasteiger charge is 2.26. The van der Waals surface area contributed by atoms with Crippen LogP contribution < -0.4 is 15.0 Å². The minimum Gasteiger partial charge on any atom is -0.497 e. The maximum absolute atomic E-state index is 12.6. The van der Waals surface area contributed by atoms with Gasteiger partial charge in [0.05, 0.1) is 7.11 Å². The van der Waals surface area contributed by atoms with Crippen molar-refractivity contribution in [2.45, 2.75) is 19.3 Å². The molecule has 2 amide bonds. The number of carbonyl (C=O) groups excluding carboxylic acids is 2. The van der Waals surface area contributed by atoms with E-state index in [-0.39, 0.29) is 17.7 Å². The van der Waals surface area contributed by atoms with Gasteiger partial charge in [0.1, 0.15) is 5.75 Å². The van der Waals surface area contributed by atoms with Crippen LogP contribution in [-0.2, 0) is 9.59 Å². The van der Waals surface area contributed by atoms with Crippen molar-refractivity contribution in [2.75, 3.05) is 64.9 Å². The number of piperidine rings is 1. The lowest BCUT2D eigenvalue weighted by atomic mass is 9.96. The van der Waals surface area contributed by atoms with Crippen LogP contribution in [0.1, 0.15) is 19.3 Å². The van der Waals surface area contributed by atoms with E-state index < -0.39 is 0 Å². The molecule has 0 radical (unpaired) electrons. The third kappa shape index (κ3) is 5.16. The van der Waals surface area contributed by atoms with E-state index in [1.165, 1.54) is 5.69 Å². The molecule has 2 saturated heterocycles. The standard InChI is InChI=1S/C21H32N4O3/c1-22-21(27)17-7-10-23(11-8-17)12-9-20(26)25-15-13-24(14-16-25)18-3-5-19(28-2)6-4-18/h3-6,17H,7-16H2,1-2H3,(H,22,27). The molecule has 0 atom stereocenters. The van der Waals surface area contributed by atoms with Crippen LogP contribution in [0.2, 0.25) is 0 Å². The van der Waals surface area contributed by atoms with Crippen molar-refractivity contribution in [3.05, 3.63) is 24.3 Å². The zero-order valence-corrected chi connectivity index (χ0v) is 17.0. The molecular weight excluding hydrogens is 356 g/mol. The Labute approximate surface area is 167 Å². The van der Waals surface area contributed by atoms with Gasteiger partial charge in [-0.1, -0.05) is 0 Å². The van der Waals surface area contributed by atoms with E-state index in [4.69, 9.17) is 4.74 Å².